The van der Waals surface area contributed by atoms with Gasteiger partial charge in [-0.2, -0.15) is 0 Å². The topological polar surface area (TPSA) is 88.5 Å². The van der Waals surface area contributed by atoms with E-state index in [0.717, 1.165) is 60.8 Å². The quantitative estimate of drug-likeness (QED) is 0.299. The van der Waals surface area contributed by atoms with E-state index in [9.17, 15) is 14.0 Å². The Morgan fingerprint density at radius 3 is 2.71 bits per heavy atom. The molecule has 1 fully saturated rings. The first-order chi connectivity index (χ1) is 18.4. The summed E-state index contributed by atoms with van der Waals surface area (Å²) in [4.78, 5) is 33.0. The number of nitrogens with one attached hydrogen (secondary N) is 2. The lowest BCUT2D eigenvalue weighted by molar-refractivity contribution is -0.111. The SMILES string of the molecule is C=CC(=O)Nc1cccc(-n2c(NC(=O)c3ccc(C(C)F)s3)nc3cc(CN4CCOCC4)ccc32)c1. The molecular formula is C28H28FN5O3S. The Labute approximate surface area is 223 Å². The number of rotatable bonds is 8. The molecule has 0 radical (unpaired) electrons. The standard InChI is InChI=1S/C28H28FN5O3S/c1-3-26(35)30-20-5-4-6-21(16-20)34-23-8-7-19(17-33-11-13-37-14-12-33)15-22(23)31-28(34)32-27(36)25-10-9-24(38-25)18(2)29/h3-10,15-16,18H,1,11-14,17H2,2H3,(H,30,35)(H,31,32,36). The summed E-state index contributed by atoms with van der Waals surface area (Å²) in [6.45, 7) is 8.90. The second-order valence-electron chi connectivity index (χ2n) is 9.00. The van der Waals surface area contributed by atoms with Gasteiger partial charge in [-0.3, -0.25) is 24.4 Å². The zero-order valence-corrected chi connectivity index (χ0v) is 21.8. The van der Waals surface area contributed by atoms with Crippen LogP contribution in [0, 0.1) is 0 Å². The van der Waals surface area contributed by atoms with Gasteiger partial charge in [0.1, 0.15) is 6.17 Å². The molecule has 1 aliphatic rings. The van der Waals surface area contributed by atoms with Gasteiger partial charge in [-0.1, -0.05) is 18.7 Å². The molecule has 2 amide bonds. The molecule has 5 rings (SSSR count). The maximum atomic E-state index is 13.7. The molecule has 10 heteroatoms. The number of anilines is 2. The molecule has 8 nitrogen and oxygen atoms in total. The van der Waals surface area contributed by atoms with Crippen molar-refractivity contribution in [2.45, 2.75) is 19.6 Å². The highest BCUT2D eigenvalue weighted by Gasteiger charge is 2.19. The van der Waals surface area contributed by atoms with Gasteiger partial charge >= 0.3 is 0 Å². The first kappa shape index (κ1) is 25.8. The fourth-order valence-electron chi connectivity index (χ4n) is 4.35. The Morgan fingerprint density at radius 1 is 1.16 bits per heavy atom. The third kappa shape index (κ3) is 5.67. The van der Waals surface area contributed by atoms with Crippen LogP contribution in [0.5, 0.6) is 0 Å². The molecule has 0 saturated carbocycles. The van der Waals surface area contributed by atoms with Crippen LogP contribution in [0.1, 0.15) is 33.2 Å². The van der Waals surface area contributed by atoms with E-state index in [2.05, 4.69) is 28.2 Å². The van der Waals surface area contributed by atoms with Crippen molar-refractivity contribution in [3.05, 3.63) is 82.6 Å². The number of fused-ring (bicyclic) bond motifs is 1. The normalized spacial score (nSPS) is 14.8. The average Bonchev–Trinajstić information content (AvgIpc) is 3.54. The molecule has 0 bridgehead atoms. The largest absolute Gasteiger partial charge is 0.379 e. The Bertz CT molecular complexity index is 1490. The molecule has 0 spiro atoms. The van der Waals surface area contributed by atoms with Gasteiger partial charge in [-0.15, -0.1) is 11.3 Å². The number of amides is 2. The van der Waals surface area contributed by atoms with Crippen LogP contribution < -0.4 is 10.6 Å². The van der Waals surface area contributed by atoms with Crippen LogP contribution in [-0.2, 0) is 16.1 Å². The molecule has 1 aliphatic heterocycles. The summed E-state index contributed by atoms with van der Waals surface area (Å²) < 4.78 is 21.0. The number of ether oxygens (including phenoxy) is 1. The third-order valence-electron chi connectivity index (χ3n) is 6.25. The van der Waals surface area contributed by atoms with Gasteiger partial charge < -0.3 is 10.1 Å². The Morgan fingerprint density at radius 2 is 1.97 bits per heavy atom. The minimum Gasteiger partial charge on any atom is -0.379 e. The van der Waals surface area contributed by atoms with Gasteiger partial charge in [-0.25, -0.2) is 9.37 Å². The lowest BCUT2D eigenvalue weighted by atomic mass is 10.1. The minimum absolute atomic E-state index is 0.323. The number of aromatic nitrogens is 2. The van der Waals surface area contributed by atoms with E-state index in [4.69, 9.17) is 9.72 Å². The summed E-state index contributed by atoms with van der Waals surface area (Å²) in [6.07, 6.45) is 0.0543. The number of carbonyl (C=O) groups is 2. The maximum Gasteiger partial charge on any atom is 0.268 e. The Balaban J connectivity index is 1.53. The van der Waals surface area contributed by atoms with Gasteiger partial charge in [-0.05, 0) is 61.0 Å². The number of morpholine rings is 1. The Kier molecular flexibility index (Phi) is 7.64. The highest BCUT2D eigenvalue weighted by Crippen LogP contribution is 2.30. The van der Waals surface area contributed by atoms with Gasteiger partial charge in [0.2, 0.25) is 11.9 Å². The van der Waals surface area contributed by atoms with Crippen LogP contribution in [-0.4, -0.2) is 52.6 Å². The number of nitrogens with zero attached hydrogens (tertiary/aromatic N) is 3. The highest BCUT2D eigenvalue weighted by atomic mass is 32.1. The van der Waals surface area contributed by atoms with Crippen LogP contribution in [0.3, 0.4) is 0 Å². The van der Waals surface area contributed by atoms with Crippen LogP contribution >= 0.6 is 11.3 Å². The summed E-state index contributed by atoms with van der Waals surface area (Å²) in [7, 11) is 0. The van der Waals surface area contributed by atoms with Crippen LogP contribution in [0.25, 0.3) is 16.7 Å². The highest BCUT2D eigenvalue weighted by molar-refractivity contribution is 7.14. The monoisotopic (exact) mass is 533 g/mol. The predicted octanol–water partition coefficient (Wildman–Crippen LogP) is 5.33. The second kappa shape index (κ2) is 11.3. The molecule has 0 aliphatic carbocycles. The molecule has 1 saturated heterocycles. The van der Waals surface area contributed by atoms with Crippen molar-refractivity contribution in [1.29, 1.82) is 0 Å². The number of halogens is 1. The van der Waals surface area contributed by atoms with E-state index in [1.807, 2.05) is 28.8 Å². The number of imidazole rings is 1. The lowest BCUT2D eigenvalue weighted by Gasteiger charge is -2.26. The van der Waals surface area contributed by atoms with Crippen molar-refractivity contribution in [3.8, 4) is 5.69 Å². The van der Waals surface area contributed by atoms with E-state index in [1.165, 1.54) is 13.0 Å². The average molecular weight is 534 g/mol. The zero-order chi connectivity index (χ0) is 26.6. The van der Waals surface area contributed by atoms with Crippen LogP contribution in [0.4, 0.5) is 16.0 Å². The number of carbonyl (C=O) groups excluding carboxylic acids is 2. The van der Waals surface area contributed by atoms with E-state index in [0.29, 0.717) is 27.1 Å². The first-order valence-corrected chi connectivity index (χ1v) is 13.1. The summed E-state index contributed by atoms with van der Waals surface area (Å²) in [6, 6.07) is 16.6. The molecule has 2 N–H and O–H groups in total. The summed E-state index contributed by atoms with van der Waals surface area (Å²) in [5.74, 6) is -0.374. The van der Waals surface area contributed by atoms with E-state index in [1.54, 1.807) is 24.3 Å². The first-order valence-electron chi connectivity index (χ1n) is 12.3. The maximum absolute atomic E-state index is 13.7. The van der Waals surface area contributed by atoms with Crippen molar-refractivity contribution in [3.63, 3.8) is 0 Å². The van der Waals surface area contributed by atoms with Crippen molar-refractivity contribution >= 4 is 45.8 Å². The summed E-state index contributed by atoms with van der Waals surface area (Å²) >= 11 is 1.11. The van der Waals surface area contributed by atoms with Crippen molar-refractivity contribution in [2.75, 3.05) is 36.9 Å². The predicted molar refractivity (Wildman–Crippen MR) is 148 cm³/mol. The molecule has 3 heterocycles. The van der Waals surface area contributed by atoms with Crippen molar-refractivity contribution in [2.24, 2.45) is 0 Å². The Hall–Kier alpha value is -3.86. The molecular weight excluding hydrogens is 505 g/mol. The van der Waals surface area contributed by atoms with E-state index >= 15 is 0 Å². The van der Waals surface area contributed by atoms with E-state index < -0.39 is 6.17 Å². The molecule has 4 aromatic rings. The van der Waals surface area contributed by atoms with Crippen molar-refractivity contribution < 1.29 is 18.7 Å². The molecule has 1 atom stereocenters. The summed E-state index contributed by atoms with van der Waals surface area (Å²) in [5.41, 5.74) is 3.90. The summed E-state index contributed by atoms with van der Waals surface area (Å²) in [5, 5.41) is 5.68. The molecule has 1 unspecified atom stereocenters. The fraction of sp³-hybridized carbons (Fsp3) is 0.250. The van der Waals surface area contributed by atoms with Gasteiger partial charge in [0.25, 0.3) is 5.91 Å². The van der Waals surface area contributed by atoms with E-state index in [-0.39, 0.29) is 11.8 Å². The van der Waals surface area contributed by atoms with Crippen molar-refractivity contribution in [1.82, 2.24) is 14.5 Å². The number of thiophene rings is 1. The molecule has 2 aromatic heterocycles. The van der Waals surface area contributed by atoms with Gasteiger partial charge in [0.15, 0.2) is 0 Å². The molecule has 38 heavy (non-hydrogen) atoms. The minimum atomic E-state index is -1.15. The van der Waals surface area contributed by atoms with Gasteiger partial charge in [0.05, 0.1) is 34.8 Å². The fourth-order valence-corrected chi connectivity index (χ4v) is 5.19. The lowest BCUT2D eigenvalue weighted by Crippen LogP contribution is -2.35. The smallest absolute Gasteiger partial charge is 0.268 e. The number of benzene rings is 2. The number of hydrogen-bond acceptors (Lipinski definition) is 6. The third-order valence-corrected chi connectivity index (χ3v) is 7.49. The number of alkyl halides is 1. The molecule has 196 valence electrons. The van der Waals surface area contributed by atoms with Crippen LogP contribution in [0.2, 0.25) is 0 Å². The van der Waals surface area contributed by atoms with Crippen LogP contribution in [0.15, 0.2) is 67.3 Å². The van der Waals surface area contributed by atoms with Gasteiger partial charge in [0, 0.05) is 30.2 Å². The molecule has 2 aromatic carbocycles. The number of hydrogen-bond donors (Lipinski definition) is 2. The second-order valence-corrected chi connectivity index (χ2v) is 10.1. The zero-order valence-electron chi connectivity index (χ0n) is 20.9.